The van der Waals surface area contributed by atoms with E-state index < -0.39 is 0 Å². The number of fused-ring (bicyclic) bond motifs is 1. The van der Waals surface area contributed by atoms with Crippen LogP contribution in [0.3, 0.4) is 0 Å². The Hall–Kier alpha value is -2.17. The van der Waals surface area contributed by atoms with Crippen molar-refractivity contribution >= 4 is 16.9 Å². The van der Waals surface area contributed by atoms with E-state index in [0.717, 1.165) is 19.3 Å². The number of nitrogens with one attached hydrogen (secondary N) is 1. The van der Waals surface area contributed by atoms with Crippen LogP contribution in [0.4, 0.5) is 0 Å². The molecular formula is C14H14N2O3. The van der Waals surface area contributed by atoms with E-state index in [9.17, 15) is 9.59 Å². The summed E-state index contributed by atoms with van der Waals surface area (Å²) in [6.45, 7) is 0.0232. The molecule has 1 saturated carbocycles. The smallest absolute Gasteiger partial charge is 0.309 e. The van der Waals surface area contributed by atoms with Crippen LogP contribution in [-0.4, -0.2) is 15.9 Å². The molecule has 0 spiro atoms. The molecule has 0 atom stereocenters. The first-order chi connectivity index (χ1) is 9.24. The second-order valence-corrected chi connectivity index (χ2v) is 4.77. The van der Waals surface area contributed by atoms with E-state index in [0.29, 0.717) is 16.7 Å². The average Bonchev–Trinajstić information content (AvgIpc) is 2.34. The van der Waals surface area contributed by atoms with E-state index in [1.54, 1.807) is 18.2 Å². The maximum Gasteiger partial charge on any atom is 0.309 e. The maximum absolute atomic E-state index is 11.8. The van der Waals surface area contributed by atoms with Gasteiger partial charge in [-0.05, 0) is 25.0 Å². The van der Waals surface area contributed by atoms with Crippen LogP contribution in [0.15, 0.2) is 29.1 Å². The number of para-hydroxylation sites is 1. The minimum Gasteiger partial charge on any atom is -0.457 e. The molecule has 1 aromatic carbocycles. The van der Waals surface area contributed by atoms with Crippen LogP contribution in [0.2, 0.25) is 0 Å². The molecule has 1 aliphatic rings. The first-order valence-electron chi connectivity index (χ1n) is 6.38. The number of ether oxygens (including phenoxy) is 1. The highest BCUT2D eigenvalue weighted by molar-refractivity contribution is 5.77. The van der Waals surface area contributed by atoms with Gasteiger partial charge in [-0.25, -0.2) is 4.98 Å². The van der Waals surface area contributed by atoms with E-state index in [4.69, 9.17) is 4.74 Å². The van der Waals surface area contributed by atoms with Crippen molar-refractivity contribution in [2.75, 3.05) is 0 Å². The molecule has 0 radical (unpaired) electrons. The summed E-state index contributed by atoms with van der Waals surface area (Å²) in [4.78, 5) is 30.3. The standard InChI is InChI=1S/C14H14N2O3/c17-13-10-6-1-2-7-11(10)15-12(16-13)8-19-14(18)9-4-3-5-9/h1-2,6-7,9H,3-5,8H2,(H,15,16,17). The van der Waals surface area contributed by atoms with Gasteiger partial charge in [0.05, 0.1) is 16.8 Å². The van der Waals surface area contributed by atoms with Crippen LogP contribution in [0.1, 0.15) is 25.1 Å². The number of hydrogen-bond donors (Lipinski definition) is 1. The number of rotatable bonds is 3. The van der Waals surface area contributed by atoms with Crippen molar-refractivity contribution in [3.63, 3.8) is 0 Å². The van der Waals surface area contributed by atoms with E-state index >= 15 is 0 Å². The summed E-state index contributed by atoms with van der Waals surface area (Å²) in [5, 5.41) is 0.538. The third kappa shape index (κ3) is 2.36. The fourth-order valence-electron chi connectivity index (χ4n) is 2.10. The summed E-state index contributed by atoms with van der Waals surface area (Å²) in [7, 11) is 0. The summed E-state index contributed by atoms with van der Waals surface area (Å²) in [6.07, 6.45) is 2.89. The van der Waals surface area contributed by atoms with Crippen molar-refractivity contribution in [1.82, 2.24) is 9.97 Å². The zero-order valence-electron chi connectivity index (χ0n) is 10.4. The number of aromatic nitrogens is 2. The van der Waals surface area contributed by atoms with Crippen molar-refractivity contribution in [2.45, 2.75) is 25.9 Å². The van der Waals surface area contributed by atoms with Crippen molar-refractivity contribution in [1.29, 1.82) is 0 Å². The van der Waals surface area contributed by atoms with Gasteiger partial charge in [-0.2, -0.15) is 0 Å². The van der Waals surface area contributed by atoms with Gasteiger partial charge in [0.25, 0.3) is 5.56 Å². The average molecular weight is 258 g/mol. The highest BCUT2D eigenvalue weighted by atomic mass is 16.5. The molecule has 0 bridgehead atoms. The molecule has 98 valence electrons. The molecule has 1 N–H and O–H groups in total. The normalized spacial score (nSPS) is 15.2. The summed E-state index contributed by atoms with van der Waals surface area (Å²) < 4.78 is 5.16. The third-order valence-electron chi connectivity index (χ3n) is 3.45. The van der Waals surface area contributed by atoms with Gasteiger partial charge in [0.15, 0.2) is 0 Å². The van der Waals surface area contributed by atoms with Gasteiger partial charge in [0.1, 0.15) is 12.4 Å². The molecule has 1 aliphatic carbocycles. The molecule has 2 aromatic rings. The monoisotopic (exact) mass is 258 g/mol. The Bertz CT molecular complexity index is 674. The van der Waals surface area contributed by atoms with Gasteiger partial charge >= 0.3 is 5.97 Å². The number of carbonyl (C=O) groups is 1. The SMILES string of the molecule is O=C(OCc1nc2ccccc2c(=O)[nH]1)C1CCC1. The first kappa shape index (κ1) is 11.9. The fraction of sp³-hybridized carbons (Fsp3) is 0.357. The highest BCUT2D eigenvalue weighted by Gasteiger charge is 2.26. The van der Waals surface area contributed by atoms with E-state index in [1.165, 1.54) is 0 Å². The zero-order valence-corrected chi connectivity index (χ0v) is 10.4. The summed E-state index contributed by atoms with van der Waals surface area (Å²) in [6, 6.07) is 7.08. The molecule has 5 nitrogen and oxygen atoms in total. The molecule has 19 heavy (non-hydrogen) atoms. The van der Waals surface area contributed by atoms with E-state index in [-0.39, 0.29) is 24.1 Å². The lowest BCUT2D eigenvalue weighted by atomic mass is 9.86. The Labute approximate surface area is 109 Å². The van der Waals surface area contributed by atoms with Crippen molar-refractivity contribution in [3.05, 3.63) is 40.4 Å². The van der Waals surface area contributed by atoms with Gasteiger partial charge in [0, 0.05) is 0 Å². The number of H-pyrrole nitrogens is 1. The van der Waals surface area contributed by atoms with Crippen molar-refractivity contribution in [3.8, 4) is 0 Å². The van der Waals surface area contributed by atoms with Gasteiger partial charge in [0.2, 0.25) is 0 Å². The molecular weight excluding hydrogens is 244 g/mol. The number of nitrogens with zero attached hydrogens (tertiary/aromatic N) is 1. The predicted octanol–water partition coefficient (Wildman–Crippen LogP) is 1.77. The second kappa shape index (κ2) is 4.84. The Morgan fingerprint density at radius 3 is 2.89 bits per heavy atom. The minimum absolute atomic E-state index is 0.0232. The predicted molar refractivity (Wildman–Crippen MR) is 69.5 cm³/mol. The summed E-state index contributed by atoms with van der Waals surface area (Å²) in [5.41, 5.74) is 0.404. The van der Waals surface area contributed by atoms with Crippen LogP contribution in [-0.2, 0) is 16.1 Å². The van der Waals surface area contributed by atoms with Gasteiger partial charge in [-0.3, -0.25) is 9.59 Å². The Morgan fingerprint density at radius 2 is 2.16 bits per heavy atom. The van der Waals surface area contributed by atoms with Crippen LogP contribution < -0.4 is 5.56 Å². The number of benzene rings is 1. The second-order valence-electron chi connectivity index (χ2n) is 4.77. The number of esters is 1. The fourth-order valence-corrected chi connectivity index (χ4v) is 2.10. The largest absolute Gasteiger partial charge is 0.457 e. The lowest BCUT2D eigenvalue weighted by molar-refractivity contribution is -0.153. The Kier molecular flexibility index (Phi) is 3.03. The molecule has 0 saturated heterocycles. The van der Waals surface area contributed by atoms with Crippen molar-refractivity contribution < 1.29 is 9.53 Å². The summed E-state index contributed by atoms with van der Waals surface area (Å²) >= 11 is 0. The molecule has 0 amide bonds. The topological polar surface area (TPSA) is 72.0 Å². The van der Waals surface area contributed by atoms with Gasteiger partial charge in [-0.1, -0.05) is 18.6 Å². The first-order valence-corrected chi connectivity index (χ1v) is 6.38. The van der Waals surface area contributed by atoms with Crippen LogP contribution >= 0.6 is 0 Å². The van der Waals surface area contributed by atoms with E-state index in [2.05, 4.69) is 9.97 Å². The van der Waals surface area contributed by atoms with Crippen molar-refractivity contribution in [2.24, 2.45) is 5.92 Å². The Morgan fingerprint density at radius 1 is 1.37 bits per heavy atom. The van der Waals surface area contributed by atoms with E-state index in [1.807, 2.05) is 6.07 Å². The number of aromatic amines is 1. The molecule has 0 unspecified atom stereocenters. The van der Waals surface area contributed by atoms with Crippen LogP contribution in [0.5, 0.6) is 0 Å². The zero-order chi connectivity index (χ0) is 13.2. The van der Waals surface area contributed by atoms with Gasteiger partial charge in [-0.15, -0.1) is 0 Å². The van der Waals surface area contributed by atoms with Crippen LogP contribution in [0, 0.1) is 5.92 Å². The lowest BCUT2D eigenvalue weighted by Gasteiger charge is -2.22. The third-order valence-corrected chi connectivity index (χ3v) is 3.45. The quantitative estimate of drug-likeness (QED) is 0.851. The molecule has 1 fully saturated rings. The lowest BCUT2D eigenvalue weighted by Crippen LogP contribution is -2.24. The highest BCUT2D eigenvalue weighted by Crippen LogP contribution is 2.27. The van der Waals surface area contributed by atoms with Crippen LogP contribution in [0.25, 0.3) is 10.9 Å². The molecule has 5 heteroatoms. The molecule has 0 aliphatic heterocycles. The molecule has 1 aromatic heterocycles. The molecule has 3 rings (SSSR count). The van der Waals surface area contributed by atoms with Gasteiger partial charge < -0.3 is 9.72 Å². The maximum atomic E-state index is 11.8. The summed E-state index contributed by atoms with van der Waals surface area (Å²) in [5.74, 6) is 0.227. The minimum atomic E-state index is -0.208. The number of hydrogen-bond acceptors (Lipinski definition) is 4. The number of carbonyl (C=O) groups excluding carboxylic acids is 1. The Balaban J connectivity index is 1.77. The molecule has 1 heterocycles.